The Morgan fingerprint density at radius 2 is 1.43 bits per heavy atom. The minimum atomic E-state index is -1.97. The molecule has 6 heteroatoms. The fraction of sp³-hybridized carbons (Fsp3) is 0.167. The van der Waals surface area contributed by atoms with Gasteiger partial charge in [-0.25, -0.2) is 9.59 Å². The van der Waals surface area contributed by atoms with E-state index >= 15 is 0 Å². The zero-order valence-corrected chi connectivity index (χ0v) is 16.2. The van der Waals surface area contributed by atoms with E-state index in [0.29, 0.717) is 5.56 Å². The highest BCUT2D eigenvalue weighted by Gasteiger charge is 2.37. The standard InChI is InChI=1S/C24H22N2O4/c25-24(22(27)28,14-16-8-2-1-3-9-16)26-23(29)30-15-21-19-12-6-4-10-17(19)18-11-5-7-13-20(18)21/h1-13,21H,14-15,25H2,(H,26,29)(H,27,28)/t24-/m0/s1. The van der Waals surface area contributed by atoms with Gasteiger partial charge in [0.2, 0.25) is 0 Å². The average Bonchev–Trinajstić information content (AvgIpc) is 3.06. The van der Waals surface area contributed by atoms with Gasteiger partial charge in [-0.15, -0.1) is 0 Å². The van der Waals surface area contributed by atoms with Crippen molar-refractivity contribution in [3.8, 4) is 11.1 Å². The maximum Gasteiger partial charge on any atom is 0.409 e. The highest BCUT2D eigenvalue weighted by Crippen LogP contribution is 2.44. The van der Waals surface area contributed by atoms with Gasteiger partial charge in [0.1, 0.15) is 6.61 Å². The van der Waals surface area contributed by atoms with Crippen LogP contribution in [0.3, 0.4) is 0 Å². The molecule has 0 aliphatic heterocycles. The Morgan fingerprint density at radius 3 is 2.00 bits per heavy atom. The zero-order chi connectivity index (χ0) is 21.1. The van der Waals surface area contributed by atoms with E-state index < -0.39 is 17.7 Å². The first-order valence-electron chi connectivity index (χ1n) is 9.67. The lowest BCUT2D eigenvalue weighted by Gasteiger charge is -2.26. The number of carboxylic acids is 1. The first-order valence-corrected chi connectivity index (χ1v) is 9.67. The van der Waals surface area contributed by atoms with Crippen LogP contribution in [0.25, 0.3) is 11.1 Å². The Morgan fingerprint density at radius 1 is 0.900 bits per heavy atom. The van der Waals surface area contributed by atoms with Crippen molar-refractivity contribution in [1.29, 1.82) is 0 Å². The normalized spacial score (nSPS) is 14.3. The second kappa shape index (κ2) is 8.00. The van der Waals surface area contributed by atoms with E-state index in [2.05, 4.69) is 5.32 Å². The molecule has 0 saturated heterocycles. The fourth-order valence-electron chi connectivity index (χ4n) is 3.91. The molecule has 0 bridgehead atoms. The van der Waals surface area contributed by atoms with E-state index in [1.165, 1.54) is 0 Å². The predicted molar refractivity (Wildman–Crippen MR) is 113 cm³/mol. The molecule has 6 nitrogen and oxygen atoms in total. The number of rotatable bonds is 6. The summed E-state index contributed by atoms with van der Waals surface area (Å²) in [6.45, 7) is 0.0842. The van der Waals surface area contributed by atoms with Crippen molar-refractivity contribution < 1.29 is 19.4 Å². The molecule has 0 saturated carbocycles. The third-order valence-corrected chi connectivity index (χ3v) is 5.38. The molecule has 0 unspecified atom stereocenters. The van der Waals surface area contributed by atoms with Crippen molar-refractivity contribution in [2.24, 2.45) is 5.73 Å². The second-order valence-electron chi connectivity index (χ2n) is 7.39. The summed E-state index contributed by atoms with van der Waals surface area (Å²) in [5.74, 6) is -1.45. The SMILES string of the molecule is N[C@@](Cc1ccccc1)(NC(=O)OCC1c2ccccc2-c2ccccc21)C(=O)O. The van der Waals surface area contributed by atoms with Crippen LogP contribution in [0.5, 0.6) is 0 Å². The number of carbonyl (C=O) groups is 2. The van der Waals surface area contributed by atoms with Crippen LogP contribution in [0, 0.1) is 0 Å². The van der Waals surface area contributed by atoms with Gasteiger partial charge in [0, 0.05) is 12.3 Å². The van der Waals surface area contributed by atoms with Crippen molar-refractivity contribution in [1.82, 2.24) is 5.32 Å². The van der Waals surface area contributed by atoms with Crippen molar-refractivity contribution in [3.63, 3.8) is 0 Å². The molecule has 4 N–H and O–H groups in total. The number of aliphatic carboxylic acids is 1. The summed E-state index contributed by atoms with van der Waals surface area (Å²) in [5, 5.41) is 11.9. The summed E-state index contributed by atoms with van der Waals surface area (Å²) in [4.78, 5) is 24.2. The van der Waals surface area contributed by atoms with Gasteiger partial charge in [-0.05, 0) is 27.8 Å². The lowest BCUT2D eigenvalue weighted by atomic mass is 9.98. The van der Waals surface area contributed by atoms with Crippen molar-refractivity contribution in [2.45, 2.75) is 18.0 Å². The molecule has 0 aromatic heterocycles. The quantitative estimate of drug-likeness (QED) is 0.548. The number of alkyl carbamates (subject to hydrolysis) is 1. The van der Waals surface area contributed by atoms with Gasteiger partial charge in [-0.3, -0.25) is 11.1 Å². The predicted octanol–water partition coefficient (Wildman–Crippen LogP) is 3.51. The molecular formula is C24H22N2O4. The Labute approximate surface area is 174 Å². The molecule has 1 atom stereocenters. The van der Waals surface area contributed by atoms with Gasteiger partial charge in [0.25, 0.3) is 0 Å². The third-order valence-electron chi connectivity index (χ3n) is 5.38. The molecule has 0 heterocycles. The van der Waals surface area contributed by atoms with Crippen molar-refractivity contribution in [2.75, 3.05) is 6.61 Å². The summed E-state index contributed by atoms with van der Waals surface area (Å²) < 4.78 is 5.43. The molecule has 0 fully saturated rings. The molecule has 0 spiro atoms. The first kappa shape index (κ1) is 19.7. The zero-order valence-electron chi connectivity index (χ0n) is 16.2. The molecule has 3 aromatic carbocycles. The largest absolute Gasteiger partial charge is 0.478 e. The highest BCUT2D eigenvalue weighted by atomic mass is 16.5. The number of nitrogens with one attached hydrogen (secondary N) is 1. The number of nitrogens with two attached hydrogens (primary N) is 1. The van der Waals surface area contributed by atoms with E-state index in [-0.39, 0.29) is 18.9 Å². The van der Waals surface area contributed by atoms with Crippen LogP contribution < -0.4 is 11.1 Å². The smallest absolute Gasteiger partial charge is 0.409 e. The molecule has 3 aromatic rings. The van der Waals surface area contributed by atoms with Gasteiger partial charge in [-0.1, -0.05) is 78.9 Å². The topological polar surface area (TPSA) is 102 Å². The number of benzene rings is 3. The number of ether oxygens (including phenoxy) is 1. The Hall–Kier alpha value is -3.64. The van der Waals surface area contributed by atoms with E-state index in [1.54, 1.807) is 24.3 Å². The number of hydrogen-bond acceptors (Lipinski definition) is 4. The Balaban J connectivity index is 1.47. The van der Waals surface area contributed by atoms with Crippen LogP contribution in [-0.4, -0.2) is 29.4 Å². The van der Waals surface area contributed by atoms with E-state index in [1.807, 2.05) is 54.6 Å². The monoisotopic (exact) mass is 402 g/mol. The van der Waals surface area contributed by atoms with Crippen molar-refractivity contribution >= 4 is 12.1 Å². The van der Waals surface area contributed by atoms with Gasteiger partial charge < -0.3 is 9.84 Å². The van der Waals surface area contributed by atoms with Crippen molar-refractivity contribution in [3.05, 3.63) is 95.6 Å². The lowest BCUT2D eigenvalue weighted by molar-refractivity contribution is -0.144. The maximum atomic E-state index is 12.5. The highest BCUT2D eigenvalue weighted by molar-refractivity contribution is 5.84. The van der Waals surface area contributed by atoms with E-state index in [0.717, 1.165) is 22.3 Å². The second-order valence-corrected chi connectivity index (χ2v) is 7.39. The summed E-state index contributed by atoms with van der Waals surface area (Å²) >= 11 is 0. The third kappa shape index (κ3) is 3.77. The van der Waals surface area contributed by atoms with Crippen LogP contribution in [0.1, 0.15) is 22.6 Å². The number of fused-ring (bicyclic) bond motifs is 3. The summed E-state index contributed by atoms with van der Waals surface area (Å²) in [7, 11) is 0. The lowest BCUT2D eigenvalue weighted by Crippen LogP contribution is -2.63. The number of hydrogen-bond donors (Lipinski definition) is 3. The number of amides is 1. The summed E-state index contributed by atoms with van der Waals surface area (Å²) in [5.41, 5.74) is 9.11. The maximum absolute atomic E-state index is 12.5. The molecule has 1 aliphatic rings. The Bertz CT molecular complexity index is 1040. The van der Waals surface area contributed by atoms with Gasteiger partial charge >= 0.3 is 12.1 Å². The number of carbonyl (C=O) groups excluding carboxylic acids is 1. The first-order chi connectivity index (χ1) is 14.5. The van der Waals surface area contributed by atoms with Gasteiger partial charge in [0.15, 0.2) is 5.66 Å². The van der Waals surface area contributed by atoms with Crippen LogP contribution in [-0.2, 0) is 16.0 Å². The summed E-state index contributed by atoms with van der Waals surface area (Å²) in [6, 6.07) is 24.9. The molecule has 0 radical (unpaired) electrons. The van der Waals surface area contributed by atoms with Gasteiger partial charge in [0.05, 0.1) is 0 Å². The minimum absolute atomic E-state index is 0.0621. The van der Waals surface area contributed by atoms with E-state index in [9.17, 15) is 14.7 Å². The summed E-state index contributed by atoms with van der Waals surface area (Å²) in [6.07, 6.45) is -0.925. The molecule has 1 aliphatic carbocycles. The van der Waals surface area contributed by atoms with Crippen LogP contribution in [0.4, 0.5) is 4.79 Å². The minimum Gasteiger partial charge on any atom is -0.478 e. The average molecular weight is 402 g/mol. The van der Waals surface area contributed by atoms with Crippen LogP contribution in [0.15, 0.2) is 78.9 Å². The molecule has 1 amide bonds. The molecule has 30 heavy (non-hydrogen) atoms. The number of carboxylic acid groups (broad SMARTS) is 1. The van der Waals surface area contributed by atoms with Crippen LogP contribution in [0.2, 0.25) is 0 Å². The van der Waals surface area contributed by atoms with E-state index in [4.69, 9.17) is 10.5 Å². The Kier molecular flexibility index (Phi) is 5.25. The molecule has 4 rings (SSSR count). The fourth-order valence-corrected chi connectivity index (χ4v) is 3.91. The van der Waals surface area contributed by atoms with Gasteiger partial charge in [-0.2, -0.15) is 0 Å². The van der Waals surface area contributed by atoms with Crippen LogP contribution >= 0.6 is 0 Å². The molecule has 152 valence electrons. The molecular weight excluding hydrogens is 380 g/mol.